The van der Waals surface area contributed by atoms with Crippen molar-refractivity contribution in [1.82, 2.24) is 0 Å². The van der Waals surface area contributed by atoms with Crippen LogP contribution in [0.1, 0.15) is 21.5 Å². The maximum atomic E-state index is 13.3. The predicted molar refractivity (Wildman–Crippen MR) is 87.1 cm³/mol. The fourth-order valence-corrected chi connectivity index (χ4v) is 2.92. The second-order valence-corrected chi connectivity index (χ2v) is 7.44. The van der Waals surface area contributed by atoms with Gasteiger partial charge in [-0.25, -0.2) is 17.6 Å². The fourth-order valence-electron chi connectivity index (χ4n) is 2.13. The Morgan fingerprint density at radius 1 is 1.12 bits per heavy atom. The number of sulfone groups is 1. The van der Waals surface area contributed by atoms with Gasteiger partial charge in [0.1, 0.15) is 18.2 Å². The molecule has 0 aliphatic heterocycles. The third-order valence-electron chi connectivity index (χ3n) is 3.22. The van der Waals surface area contributed by atoms with E-state index in [0.717, 1.165) is 6.26 Å². The molecule has 0 bridgehead atoms. The molecule has 0 aromatic heterocycles. The van der Waals surface area contributed by atoms with Crippen molar-refractivity contribution in [1.29, 1.82) is 0 Å². The summed E-state index contributed by atoms with van der Waals surface area (Å²) in [6, 6.07) is 10.0. The highest BCUT2D eigenvalue weighted by molar-refractivity contribution is 7.89. The minimum absolute atomic E-state index is 0.0944. The Morgan fingerprint density at radius 3 is 2.38 bits per heavy atom. The Hall–Kier alpha value is -2.41. The Bertz CT molecular complexity index is 829. The van der Waals surface area contributed by atoms with E-state index in [1.54, 1.807) is 12.1 Å². The normalized spacial score (nSPS) is 11.1. The molecule has 0 aliphatic carbocycles. The van der Waals surface area contributed by atoms with Crippen molar-refractivity contribution in [3.05, 3.63) is 65.0 Å². The molecule has 2 aromatic rings. The van der Waals surface area contributed by atoms with Crippen molar-refractivity contribution in [2.75, 3.05) is 13.4 Å². The zero-order chi connectivity index (χ0) is 17.7. The van der Waals surface area contributed by atoms with Gasteiger partial charge in [0.05, 0.1) is 18.4 Å². The summed E-state index contributed by atoms with van der Waals surface area (Å²) in [5.41, 5.74) is 1.28. The maximum Gasteiger partial charge on any atom is 0.338 e. The monoisotopic (exact) mass is 352 g/mol. The Labute approximate surface area is 139 Å². The largest absolute Gasteiger partial charge is 0.496 e. The van der Waals surface area contributed by atoms with Crippen LogP contribution < -0.4 is 4.74 Å². The summed E-state index contributed by atoms with van der Waals surface area (Å²) in [6.45, 7) is -0.134. The van der Waals surface area contributed by atoms with Crippen molar-refractivity contribution in [2.24, 2.45) is 0 Å². The number of hydrogen-bond donors (Lipinski definition) is 0. The van der Waals surface area contributed by atoms with Crippen LogP contribution in [0.3, 0.4) is 0 Å². The zero-order valence-corrected chi connectivity index (χ0v) is 14.1. The molecule has 0 N–H and O–H groups in total. The topological polar surface area (TPSA) is 69.7 Å². The van der Waals surface area contributed by atoms with Gasteiger partial charge < -0.3 is 9.47 Å². The van der Waals surface area contributed by atoms with Crippen molar-refractivity contribution < 1.29 is 27.1 Å². The summed E-state index contributed by atoms with van der Waals surface area (Å²) in [4.78, 5) is 12.0. The van der Waals surface area contributed by atoms with Crippen molar-refractivity contribution >= 4 is 15.8 Å². The first-order valence-electron chi connectivity index (χ1n) is 7.05. The molecule has 0 spiro atoms. The molecule has 0 radical (unpaired) electrons. The molecular formula is C17H17FO5S. The molecule has 24 heavy (non-hydrogen) atoms. The second kappa shape index (κ2) is 7.44. The van der Waals surface area contributed by atoms with E-state index in [-0.39, 0.29) is 17.9 Å². The molecule has 0 amide bonds. The van der Waals surface area contributed by atoms with Crippen LogP contribution in [0.5, 0.6) is 5.75 Å². The molecule has 0 aliphatic rings. The second-order valence-electron chi connectivity index (χ2n) is 5.30. The Morgan fingerprint density at radius 2 is 1.79 bits per heavy atom. The van der Waals surface area contributed by atoms with Gasteiger partial charge in [-0.2, -0.15) is 0 Å². The van der Waals surface area contributed by atoms with E-state index >= 15 is 0 Å². The number of rotatable bonds is 6. The number of methoxy groups -OCH3 is 1. The number of benzene rings is 2. The first-order valence-corrected chi connectivity index (χ1v) is 9.11. The zero-order valence-electron chi connectivity index (χ0n) is 13.3. The van der Waals surface area contributed by atoms with Gasteiger partial charge in [-0.3, -0.25) is 0 Å². The summed E-state index contributed by atoms with van der Waals surface area (Å²) in [7, 11) is -1.69. The Balaban J connectivity index is 2.04. The fraction of sp³-hybridized carbons (Fsp3) is 0.235. The maximum absolute atomic E-state index is 13.3. The van der Waals surface area contributed by atoms with Gasteiger partial charge in [-0.1, -0.05) is 12.1 Å². The van der Waals surface area contributed by atoms with Gasteiger partial charge in [0.25, 0.3) is 0 Å². The van der Waals surface area contributed by atoms with Crippen molar-refractivity contribution in [3.8, 4) is 5.75 Å². The van der Waals surface area contributed by atoms with Gasteiger partial charge in [-0.05, 0) is 35.9 Å². The highest BCUT2D eigenvalue weighted by Gasteiger charge is 2.11. The van der Waals surface area contributed by atoms with Crippen LogP contribution in [0.4, 0.5) is 4.39 Å². The van der Waals surface area contributed by atoms with Crippen LogP contribution in [0.25, 0.3) is 0 Å². The van der Waals surface area contributed by atoms with Gasteiger partial charge in [0.15, 0.2) is 9.84 Å². The number of carbonyl (C=O) groups excluding carboxylic acids is 1. The number of carbonyl (C=O) groups is 1. The van der Waals surface area contributed by atoms with E-state index in [2.05, 4.69) is 0 Å². The smallest absolute Gasteiger partial charge is 0.338 e. The predicted octanol–water partition coefficient (Wildman–Crippen LogP) is 2.74. The molecule has 0 atom stereocenters. The molecule has 2 rings (SSSR count). The highest BCUT2D eigenvalue weighted by Crippen LogP contribution is 2.20. The van der Waals surface area contributed by atoms with E-state index in [4.69, 9.17) is 9.47 Å². The van der Waals surface area contributed by atoms with Crippen LogP contribution in [0, 0.1) is 5.82 Å². The molecule has 5 nitrogen and oxygen atoms in total. The molecule has 2 aromatic carbocycles. The molecule has 0 unspecified atom stereocenters. The molecular weight excluding hydrogens is 335 g/mol. The lowest BCUT2D eigenvalue weighted by atomic mass is 10.1. The Kier molecular flexibility index (Phi) is 5.56. The van der Waals surface area contributed by atoms with Crippen LogP contribution in [-0.4, -0.2) is 27.8 Å². The lowest BCUT2D eigenvalue weighted by molar-refractivity contribution is 0.0469. The van der Waals surface area contributed by atoms with Gasteiger partial charge >= 0.3 is 5.97 Å². The third kappa shape index (κ3) is 5.06. The van der Waals surface area contributed by atoms with Crippen LogP contribution >= 0.6 is 0 Å². The SMILES string of the molecule is COc1ccc(F)cc1COC(=O)c1ccc(CS(C)(=O)=O)cc1. The van der Waals surface area contributed by atoms with Gasteiger partial charge in [0.2, 0.25) is 0 Å². The summed E-state index contributed by atoms with van der Waals surface area (Å²) >= 11 is 0. The van der Waals surface area contributed by atoms with Gasteiger partial charge in [-0.15, -0.1) is 0 Å². The summed E-state index contributed by atoms with van der Waals surface area (Å²) in [5, 5.41) is 0. The molecule has 0 fully saturated rings. The lowest BCUT2D eigenvalue weighted by Gasteiger charge is -2.10. The van der Waals surface area contributed by atoms with Crippen molar-refractivity contribution in [3.63, 3.8) is 0 Å². The van der Waals surface area contributed by atoms with Crippen LogP contribution in [0.2, 0.25) is 0 Å². The number of halogens is 1. The molecule has 0 saturated carbocycles. The standard InChI is InChI=1S/C17H17FO5S/c1-22-16-8-7-15(18)9-14(16)10-23-17(19)13-5-3-12(4-6-13)11-24(2,20)21/h3-9H,10-11H2,1-2H3. The first kappa shape index (κ1) is 17.9. The molecule has 128 valence electrons. The van der Waals surface area contributed by atoms with E-state index in [1.165, 1.54) is 37.4 Å². The van der Waals surface area contributed by atoms with Gasteiger partial charge in [0, 0.05) is 11.8 Å². The first-order chi connectivity index (χ1) is 11.3. The average molecular weight is 352 g/mol. The van der Waals surface area contributed by atoms with E-state index in [9.17, 15) is 17.6 Å². The summed E-state index contributed by atoms with van der Waals surface area (Å²) < 4.78 is 46.0. The molecule has 0 heterocycles. The number of hydrogen-bond acceptors (Lipinski definition) is 5. The minimum Gasteiger partial charge on any atom is -0.496 e. The van der Waals surface area contributed by atoms with E-state index < -0.39 is 21.6 Å². The van der Waals surface area contributed by atoms with Crippen LogP contribution in [-0.2, 0) is 26.9 Å². The lowest BCUT2D eigenvalue weighted by Crippen LogP contribution is -2.07. The summed E-state index contributed by atoms with van der Waals surface area (Å²) in [5.74, 6) is -0.713. The number of esters is 1. The third-order valence-corrected chi connectivity index (χ3v) is 4.08. The number of ether oxygens (including phenoxy) is 2. The van der Waals surface area contributed by atoms with Crippen molar-refractivity contribution in [2.45, 2.75) is 12.4 Å². The molecule has 0 saturated heterocycles. The van der Waals surface area contributed by atoms with E-state index in [1.807, 2.05) is 0 Å². The highest BCUT2D eigenvalue weighted by atomic mass is 32.2. The summed E-state index contributed by atoms with van der Waals surface area (Å²) in [6.07, 6.45) is 1.14. The minimum atomic E-state index is -3.13. The van der Waals surface area contributed by atoms with Crippen LogP contribution in [0.15, 0.2) is 42.5 Å². The molecule has 7 heteroatoms. The van der Waals surface area contributed by atoms with E-state index in [0.29, 0.717) is 16.9 Å². The quantitative estimate of drug-likeness (QED) is 0.748. The average Bonchev–Trinajstić information content (AvgIpc) is 2.52.